The maximum Gasteiger partial charge on any atom is 0.200 e. The highest BCUT2D eigenvalue weighted by molar-refractivity contribution is 6.30. The zero-order valence-electron chi connectivity index (χ0n) is 13.9. The molecular formula is C19H18ClN3O2. The minimum Gasteiger partial charge on any atom is -0.438 e. The molecule has 1 aliphatic heterocycles. The van der Waals surface area contributed by atoms with Crippen molar-refractivity contribution in [3.8, 4) is 11.3 Å². The van der Waals surface area contributed by atoms with Crippen LogP contribution in [0.15, 0.2) is 51.8 Å². The van der Waals surface area contributed by atoms with E-state index in [2.05, 4.69) is 21.8 Å². The van der Waals surface area contributed by atoms with Crippen LogP contribution in [-0.4, -0.2) is 43.1 Å². The Bertz CT molecular complexity index is 961. The molecule has 1 saturated heterocycles. The smallest absolute Gasteiger partial charge is 0.200 e. The number of likely N-dealkylation sites (N-methyl/N-ethyl adjacent to an activating group) is 1. The third-order valence-electron chi connectivity index (χ3n) is 4.56. The summed E-state index contributed by atoms with van der Waals surface area (Å²) >= 11 is 5.98. The van der Waals surface area contributed by atoms with Crippen molar-refractivity contribution in [3.05, 3.63) is 57.8 Å². The molecule has 0 radical (unpaired) electrons. The Labute approximate surface area is 150 Å². The molecule has 3 heterocycles. The first kappa shape index (κ1) is 16.1. The molecule has 2 aromatic heterocycles. The van der Waals surface area contributed by atoms with Crippen molar-refractivity contribution in [2.75, 3.05) is 38.1 Å². The zero-order valence-corrected chi connectivity index (χ0v) is 14.7. The quantitative estimate of drug-likeness (QED) is 0.706. The second-order valence-corrected chi connectivity index (χ2v) is 6.72. The molecule has 0 amide bonds. The van der Waals surface area contributed by atoms with Crippen LogP contribution in [0.4, 0.5) is 5.88 Å². The molecule has 25 heavy (non-hydrogen) atoms. The van der Waals surface area contributed by atoms with Gasteiger partial charge in [-0.1, -0.05) is 23.7 Å². The predicted octanol–water partition coefficient (Wildman–Crippen LogP) is 3.26. The summed E-state index contributed by atoms with van der Waals surface area (Å²) < 4.78 is 6.15. The highest BCUT2D eigenvalue weighted by Gasteiger charge is 2.19. The third kappa shape index (κ3) is 3.13. The van der Waals surface area contributed by atoms with Crippen molar-refractivity contribution >= 4 is 28.5 Å². The van der Waals surface area contributed by atoms with E-state index in [1.165, 1.54) is 0 Å². The van der Waals surface area contributed by atoms with Crippen molar-refractivity contribution in [3.63, 3.8) is 0 Å². The Kier molecular flexibility index (Phi) is 4.19. The highest BCUT2D eigenvalue weighted by atomic mass is 35.5. The molecule has 6 heteroatoms. The molecule has 0 spiro atoms. The van der Waals surface area contributed by atoms with Crippen molar-refractivity contribution in [2.24, 2.45) is 0 Å². The largest absolute Gasteiger partial charge is 0.438 e. The van der Waals surface area contributed by atoms with Crippen molar-refractivity contribution in [2.45, 2.75) is 0 Å². The number of fused-ring (bicyclic) bond motifs is 1. The summed E-state index contributed by atoms with van der Waals surface area (Å²) in [5.74, 6) is 0.605. The first-order valence-electron chi connectivity index (χ1n) is 8.24. The number of benzene rings is 1. The zero-order chi connectivity index (χ0) is 17.4. The number of anilines is 1. The maximum absolute atomic E-state index is 12.6. The SMILES string of the molecule is CN1CCN(c2cc(=O)c3ccnc(-c4ccc(Cl)cc4)c3o2)CC1. The van der Waals surface area contributed by atoms with Crippen LogP contribution < -0.4 is 10.3 Å². The van der Waals surface area contributed by atoms with E-state index in [1.807, 2.05) is 12.1 Å². The number of piperazine rings is 1. The van der Waals surface area contributed by atoms with Crippen LogP contribution in [0.2, 0.25) is 5.02 Å². The summed E-state index contributed by atoms with van der Waals surface area (Å²) in [4.78, 5) is 21.4. The van der Waals surface area contributed by atoms with E-state index in [1.54, 1.807) is 30.5 Å². The molecule has 0 unspecified atom stereocenters. The van der Waals surface area contributed by atoms with Crippen LogP contribution in [0.3, 0.4) is 0 Å². The minimum atomic E-state index is -0.0483. The number of halogens is 1. The van der Waals surface area contributed by atoms with Crippen LogP contribution in [0.1, 0.15) is 0 Å². The normalized spacial score (nSPS) is 15.7. The van der Waals surface area contributed by atoms with Gasteiger partial charge in [-0.05, 0) is 25.2 Å². The van der Waals surface area contributed by atoms with E-state index in [9.17, 15) is 4.79 Å². The highest BCUT2D eigenvalue weighted by Crippen LogP contribution is 2.29. The van der Waals surface area contributed by atoms with Crippen LogP contribution in [-0.2, 0) is 0 Å². The van der Waals surface area contributed by atoms with Gasteiger partial charge in [0, 0.05) is 49.0 Å². The van der Waals surface area contributed by atoms with Crippen molar-refractivity contribution in [1.82, 2.24) is 9.88 Å². The molecule has 1 fully saturated rings. The maximum atomic E-state index is 12.6. The molecule has 0 N–H and O–H groups in total. The standard InChI is InChI=1S/C19H18ClN3O2/c1-22-8-10-23(11-9-22)17-12-16(24)15-6-7-21-18(19(15)25-17)13-2-4-14(20)5-3-13/h2-7,12H,8-11H2,1H3. The first-order chi connectivity index (χ1) is 12.1. The molecule has 1 aliphatic rings. The van der Waals surface area contributed by atoms with E-state index in [4.69, 9.17) is 16.0 Å². The summed E-state index contributed by atoms with van der Waals surface area (Å²) in [6.07, 6.45) is 1.64. The van der Waals surface area contributed by atoms with Gasteiger partial charge in [0.25, 0.3) is 0 Å². The Morgan fingerprint density at radius 3 is 2.52 bits per heavy atom. The van der Waals surface area contributed by atoms with E-state index >= 15 is 0 Å². The molecule has 0 atom stereocenters. The number of rotatable bonds is 2. The number of hydrogen-bond donors (Lipinski definition) is 0. The lowest BCUT2D eigenvalue weighted by atomic mass is 10.1. The average Bonchev–Trinajstić information content (AvgIpc) is 2.63. The molecule has 3 aromatic rings. The molecule has 4 rings (SSSR count). The Morgan fingerprint density at radius 2 is 1.80 bits per heavy atom. The average molecular weight is 356 g/mol. The van der Waals surface area contributed by atoms with Gasteiger partial charge in [0.1, 0.15) is 5.69 Å². The molecule has 0 bridgehead atoms. The van der Waals surface area contributed by atoms with Gasteiger partial charge in [-0.25, -0.2) is 0 Å². The van der Waals surface area contributed by atoms with E-state index < -0.39 is 0 Å². The van der Waals surface area contributed by atoms with Crippen molar-refractivity contribution in [1.29, 1.82) is 0 Å². The monoisotopic (exact) mass is 355 g/mol. The van der Waals surface area contributed by atoms with Crippen LogP contribution in [0.5, 0.6) is 0 Å². The molecular weight excluding hydrogens is 338 g/mol. The second kappa shape index (κ2) is 6.50. The van der Waals surface area contributed by atoms with Crippen molar-refractivity contribution < 1.29 is 4.42 Å². The van der Waals surface area contributed by atoms with Gasteiger partial charge in [-0.3, -0.25) is 9.78 Å². The van der Waals surface area contributed by atoms with Gasteiger partial charge < -0.3 is 14.2 Å². The predicted molar refractivity (Wildman–Crippen MR) is 100 cm³/mol. The van der Waals surface area contributed by atoms with Gasteiger partial charge in [0.15, 0.2) is 16.9 Å². The fourth-order valence-electron chi connectivity index (χ4n) is 3.07. The van der Waals surface area contributed by atoms with Gasteiger partial charge in [-0.2, -0.15) is 0 Å². The summed E-state index contributed by atoms with van der Waals surface area (Å²) in [5, 5.41) is 1.20. The third-order valence-corrected chi connectivity index (χ3v) is 4.82. The lowest BCUT2D eigenvalue weighted by Crippen LogP contribution is -2.44. The molecule has 5 nitrogen and oxygen atoms in total. The molecule has 1 aromatic carbocycles. The summed E-state index contributed by atoms with van der Waals surface area (Å²) in [6.45, 7) is 3.56. The summed E-state index contributed by atoms with van der Waals surface area (Å²) in [7, 11) is 2.09. The lowest BCUT2D eigenvalue weighted by molar-refractivity contribution is 0.306. The summed E-state index contributed by atoms with van der Waals surface area (Å²) in [5.41, 5.74) is 2.00. The Hall–Kier alpha value is -2.37. The Balaban J connectivity index is 1.84. The number of nitrogens with zero attached hydrogens (tertiary/aromatic N) is 3. The van der Waals surface area contributed by atoms with Gasteiger partial charge in [-0.15, -0.1) is 0 Å². The van der Waals surface area contributed by atoms with Gasteiger partial charge >= 0.3 is 0 Å². The van der Waals surface area contributed by atoms with E-state index in [0.717, 1.165) is 31.7 Å². The van der Waals surface area contributed by atoms with E-state index in [0.29, 0.717) is 27.6 Å². The minimum absolute atomic E-state index is 0.0483. The van der Waals surface area contributed by atoms with E-state index in [-0.39, 0.29) is 5.43 Å². The molecule has 128 valence electrons. The Morgan fingerprint density at radius 1 is 1.08 bits per heavy atom. The first-order valence-corrected chi connectivity index (χ1v) is 8.62. The van der Waals surface area contributed by atoms with Crippen LogP contribution in [0.25, 0.3) is 22.2 Å². The second-order valence-electron chi connectivity index (χ2n) is 6.28. The van der Waals surface area contributed by atoms with Gasteiger partial charge in [0.2, 0.25) is 0 Å². The molecule has 0 aliphatic carbocycles. The van der Waals surface area contributed by atoms with Crippen LogP contribution >= 0.6 is 11.6 Å². The number of pyridine rings is 1. The fourth-order valence-corrected chi connectivity index (χ4v) is 3.19. The lowest BCUT2D eigenvalue weighted by Gasteiger charge is -2.32. The van der Waals surface area contributed by atoms with Crippen LogP contribution in [0, 0.1) is 0 Å². The number of hydrogen-bond acceptors (Lipinski definition) is 5. The summed E-state index contributed by atoms with van der Waals surface area (Å²) in [6, 6.07) is 10.7. The fraction of sp³-hybridized carbons (Fsp3) is 0.263. The molecule has 0 saturated carbocycles. The topological polar surface area (TPSA) is 49.6 Å². The van der Waals surface area contributed by atoms with Gasteiger partial charge in [0.05, 0.1) is 5.39 Å². The number of aromatic nitrogens is 1.